The number of hydrogen-bond donors (Lipinski definition) is 2. The molecule has 0 atom stereocenters. The van der Waals surface area contributed by atoms with Crippen LogP contribution < -0.4 is 5.32 Å². The highest BCUT2D eigenvalue weighted by atomic mass is 32.1. The van der Waals surface area contributed by atoms with Crippen molar-refractivity contribution in [2.45, 2.75) is 25.8 Å². The lowest BCUT2D eigenvalue weighted by Crippen LogP contribution is -2.38. The topological polar surface area (TPSA) is 71.3 Å². The van der Waals surface area contributed by atoms with Gasteiger partial charge in [-0.3, -0.25) is 4.79 Å². The normalized spacial score (nSPS) is 11.3. The van der Waals surface area contributed by atoms with Gasteiger partial charge in [0.2, 0.25) is 5.91 Å². The molecule has 2 rings (SSSR count). The Kier molecular flexibility index (Phi) is 4.47. The van der Waals surface area contributed by atoms with Crippen LogP contribution in [0, 0.1) is 0 Å². The van der Waals surface area contributed by atoms with Crippen LogP contribution >= 0.6 is 11.3 Å². The smallest absolute Gasteiger partial charge is 0.352 e. The Bertz CT molecular complexity index is 629. The van der Waals surface area contributed by atoms with E-state index < -0.39 is 5.97 Å². The average Bonchev–Trinajstić information content (AvgIpc) is 3.07. The van der Waals surface area contributed by atoms with E-state index in [1.807, 2.05) is 17.5 Å². The van der Waals surface area contributed by atoms with Crippen LogP contribution in [0.15, 0.2) is 35.8 Å². The van der Waals surface area contributed by atoms with Gasteiger partial charge in [-0.25, -0.2) is 4.79 Å². The van der Waals surface area contributed by atoms with Gasteiger partial charge in [0, 0.05) is 23.0 Å². The Hall–Kier alpha value is -2.08. The van der Waals surface area contributed by atoms with Crippen molar-refractivity contribution in [3.05, 3.63) is 46.4 Å². The number of carboxylic acids is 1. The number of carbonyl (C=O) groups excluding carboxylic acids is 1. The molecule has 0 saturated carbocycles. The van der Waals surface area contributed by atoms with E-state index in [1.54, 1.807) is 23.6 Å². The number of hydrogen-bond acceptors (Lipinski definition) is 3. The molecule has 0 saturated heterocycles. The zero-order valence-corrected chi connectivity index (χ0v) is 12.8. The zero-order chi connectivity index (χ0) is 15.5. The summed E-state index contributed by atoms with van der Waals surface area (Å²) in [5.74, 6) is -1.23. The number of thiophene rings is 1. The van der Waals surface area contributed by atoms with Gasteiger partial charge < -0.3 is 15.0 Å². The standard InChI is InChI=1S/C15H18N2O3S/c1-15(2,12-6-4-8-21-12)10-16-13(18)9-17-7-3-5-11(17)14(19)20/h3-8H,9-10H2,1-2H3,(H,16,18)(H,19,20). The van der Waals surface area contributed by atoms with Gasteiger partial charge in [-0.2, -0.15) is 0 Å². The lowest BCUT2D eigenvalue weighted by Gasteiger charge is -2.23. The van der Waals surface area contributed by atoms with E-state index >= 15 is 0 Å². The second-order valence-corrected chi connectivity index (χ2v) is 6.41. The summed E-state index contributed by atoms with van der Waals surface area (Å²) in [5.41, 5.74) is -0.0291. The summed E-state index contributed by atoms with van der Waals surface area (Å²) in [6.45, 7) is 4.65. The first kappa shape index (κ1) is 15.3. The molecule has 2 aromatic rings. The molecule has 0 aliphatic carbocycles. The van der Waals surface area contributed by atoms with Gasteiger partial charge in [0.05, 0.1) is 0 Å². The van der Waals surface area contributed by atoms with Crippen molar-refractivity contribution in [3.63, 3.8) is 0 Å². The van der Waals surface area contributed by atoms with E-state index in [-0.39, 0.29) is 23.6 Å². The molecule has 0 spiro atoms. The molecule has 0 aliphatic heterocycles. The summed E-state index contributed by atoms with van der Waals surface area (Å²) in [5, 5.41) is 13.9. The summed E-state index contributed by atoms with van der Waals surface area (Å²) in [6.07, 6.45) is 1.59. The maximum absolute atomic E-state index is 12.0. The van der Waals surface area contributed by atoms with E-state index in [0.29, 0.717) is 6.54 Å². The lowest BCUT2D eigenvalue weighted by atomic mass is 9.91. The second-order valence-electron chi connectivity index (χ2n) is 5.46. The third-order valence-electron chi connectivity index (χ3n) is 3.28. The molecule has 5 nitrogen and oxygen atoms in total. The molecule has 21 heavy (non-hydrogen) atoms. The third kappa shape index (κ3) is 3.72. The van der Waals surface area contributed by atoms with Gasteiger partial charge >= 0.3 is 5.97 Å². The molecule has 2 N–H and O–H groups in total. The number of aromatic carboxylic acids is 1. The molecular formula is C15H18N2O3S. The number of amides is 1. The fourth-order valence-electron chi connectivity index (χ4n) is 2.03. The van der Waals surface area contributed by atoms with Crippen LogP contribution in [0.1, 0.15) is 29.2 Å². The molecule has 0 aromatic carbocycles. The summed E-state index contributed by atoms with van der Waals surface area (Å²) >= 11 is 1.66. The molecule has 6 heteroatoms. The van der Waals surface area contributed by atoms with Crippen LogP contribution in [-0.2, 0) is 16.8 Å². The predicted octanol–water partition coefficient (Wildman–Crippen LogP) is 2.34. The number of nitrogens with one attached hydrogen (secondary N) is 1. The predicted molar refractivity (Wildman–Crippen MR) is 81.7 cm³/mol. The maximum atomic E-state index is 12.0. The van der Waals surface area contributed by atoms with Crippen LogP contribution in [-0.4, -0.2) is 28.1 Å². The molecule has 0 unspecified atom stereocenters. The van der Waals surface area contributed by atoms with Gasteiger partial charge in [-0.15, -0.1) is 11.3 Å². The van der Waals surface area contributed by atoms with Crippen molar-refractivity contribution >= 4 is 23.2 Å². The summed E-state index contributed by atoms with van der Waals surface area (Å²) in [7, 11) is 0. The molecule has 0 bridgehead atoms. The highest BCUT2D eigenvalue weighted by Crippen LogP contribution is 2.26. The highest BCUT2D eigenvalue weighted by Gasteiger charge is 2.22. The number of carboxylic acid groups (broad SMARTS) is 1. The number of rotatable bonds is 6. The van der Waals surface area contributed by atoms with E-state index in [0.717, 1.165) is 0 Å². The Balaban J connectivity index is 1.93. The highest BCUT2D eigenvalue weighted by molar-refractivity contribution is 7.10. The summed E-state index contributed by atoms with van der Waals surface area (Å²) in [4.78, 5) is 24.2. The number of carbonyl (C=O) groups is 2. The van der Waals surface area contributed by atoms with E-state index in [2.05, 4.69) is 19.2 Å². The van der Waals surface area contributed by atoms with Crippen molar-refractivity contribution in [2.75, 3.05) is 6.54 Å². The Morgan fingerprint density at radius 1 is 1.33 bits per heavy atom. The van der Waals surface area contributed by atoms with E-state index in [9.17, 15) is 9.59 Å². The Morgan fingerprint density at radius 2 is 2.10 bits per heavy atom. The van der Waals surface area contributed by atoms with Gasteiger partial charge in [0.15, 0.2) is 0 Å². The van der Waals surface area contributed by atoms with Crippen LogP contribution in [0.3, 0.4) is 0 Å². The third-order valence-corrected chi connectivity index (χ3v) is 4.51. The van der Waals surface area contributed by atoms with Crippen LogP contribution in [0.2, 0.25) is 0 Å². The first-order chi connectivity index (χ1) is 9.90. The van der Waals surface area contributed by atoms with Crippen LogP contribution in [0.25, 0.3) is 0 Å². The Morgan fingerprint density at radius 3 is 2.71 bits per heavy atom. The quantitative estimate of drug-likeness (QED) is 0.860. The minimum Gasteiger partial charge on any atom is -0.477 e. The van der Waals surface area contributed by atoms with E-state index in [1.165, 1.54) is 15.5 Å². The molecule has 2 heterocycles. The van der Waals surface area contributed by atoms with Crippen molar-refractivity contribution in [2.24, 2.45) is 0 Å². The van der Waals surface area contributed by atoms with Gasteiger partial charge in [0.25, 0.3) is 0 Å². The first-order valence-electron chi connectivity index (χ1n) is 6.59. The van der Waals surface area contributed by atoms with Crippen molar-refractivity contribution in [1.82, 2.24) is 9.88 Å². The molecule has 1 amide bonds. The number of nitrogens with zero attached hydrogens (tertiary/aromatic N) is 1. The molecule has 0 radical (unpaired) electrons. The van der Waals surface area contributed by atoms with Gasteiger partial charge in [-0.05, 0) is 23.6 Å². The second kappa shape index (κ2) is 6.13. The molecule has 0 fully saturated rings. The fourth-order valence-corrected chi connectivity index (χ4v) is 2.88. The molecular weight excluding hydrogens is 288 g/mol. The molecule has 0 aliphatic rings. The molecule has 2 aromatic heterocycles. The van der Waals surface area contributed by atoms with Gasteiger partial charge in [-0.1, -0.05) is 19.9 Å². The number of aromatic nitrogens is 1. The summed E-state index contributed by atoms with van der Waals surface area (Å²) < 4.78 is 1.43. The van der Waals surface area contributed by atoms with Crippen molar-refractivity contribution < 1.29 is 14.7 Å². The minimum absolute atomic E-state index is 0.00908. The SMILES string of the molecule is CC(C)(CNC(=O)Cn1cccc1C(=O)O)c1cccs1. The largest absolute Gasteiger partial charge is 0.477 e. The van der Waals surface area contributed by atoms with Crippen molar-refractivity contribution in [1.29, 1.82) is 0 Å². The van der Waals surface area contributed by atoms with Gasteiger partial charge in [0.1, 0.15) is 12.2 Å². The molecule has 112 valence electrons. The lowest BCUT2D eigenvalue weighted by molar-refractivity contribution is -0.121. The Labute approximate surface area is 127 Å². The first-order valence-corrected chi connectivity index (χ1v) is 7.47. The maximum Gasteiger partial charge on any atom is 0.352 e. The zero-order valence-electron chi connectivity index (χ0n) is 12.0. The van der Waals surface area contributed by atoms with Crippen LogP contribution in [0.4, 0.5) is 0 Å². The minimum atomic E-state index is -1.04. The summed E-state index contributed by atoms with van der Waals surface area (Å²) in [6, 6.07) is 7.13. The average molecular weight is 306 g/mol. The van der Waals surface area contributed by atoms with Crippen molar-refractivity contribution in [3.8, 4) is 0 Å². The monoisotopic (exact) mass is 306 g/mol. The van der Waals surface area contributed by atoms with E-state index in [4.69, 9.17) is 5.11 Å². The fraction of sp³-hybridized carbons (Fsp3) is 0.333. The van der Waals surface area contributed by atoms with Crippen LogP contribution in [0.5, 0.6) is 0 Å².